The summed E-state index contributed by atoms with van der Waals surface area (Å²) in [6, 6.07) is 30.6. The lowest BCUT2D eigenvalue weighted by molar-refractivity contribution is -0.113. The van der Waals surface area contributed by atoms with E-state index in [0.29, 0.717) is 62.3 Å². The van der Waals surface area contributed by atoms with Crippen LogP contribution in [-0.4, -0.2) is 24.2 Å². The molecular weight excluding hydrogens is 625 g/mol. The number of thiazole rings is 1. The highest BCUT2D eigenvalue weighted by Gasteiger charge is 2.32. The number of hydrogen-bond acceptors (Lipinski definition) is 8. The van der Waals surface area contributed by atoms with Crippen LogP contribution in [-0.2, 0) is 11.4 Å². The minimum Gasteiger partial charge on any atom is -0.497 e. The van der Waals surface area contributed by atoms with Crippen molar-refractivity contribution in [1.82, 2.24) is 4.57 Å². The third-order valence-corrected chi connectivity index (χ3v) is 8.73. The number of aromatic nitrogens is 1. The zero-order chi connectivity index (χ0) is 33.6. The molecule has 10 heteroatoms. The minimum absolute atomic E-state index is 0.275. The van der Waals surface area contributed by atoms with Crippen LogP contribution in [0, 0.1) is 11.3 Å². The highest BCUT2D eigenvalue weighted by Crippen LogP contribution is 2.33. The molecule has 5 aromatic rings. The summed E-state index contributed by atoms with van der Waals surface area (Å²) in [6.45, 7) is 4.40. The number of nitrogens with one attached hydrogen (secondary N) is 1. The number of carbonyl (C=O) groups is 1. The van der Waals surface area contributed by atoms with Crippen molar-refractivity contribution in [3.63, 3.8) is 0 Å². The Labute approximate surface area is 281 Å². The second-order valence-corrected chi connectivity index (χ2v) is 11.9. The summed E-state index contributed by atoms with van der Waals surface area (Å²) in [6.07, 6.45) is 1.79. The first-order valence-electron chi connectivity index (χ1n) is 15.3. The van der Waals surface area contributed by atoms with Gasteiger partial charge < -0.3 is 19.5 Å². The van der Waals surface area contributed by atoms with E-state index >= 15 is 0 Å². The van der Waals surface area contributed by atoms with Crippen molar-refractivity contribution in [2.45, 2.75) is 26.5 Å². The molecule has 1 aliphatic rings. The minimum atomic E-state index is -0.737. The van der Waals surface area contributed by atoms with Crippen molar-refractivity contribution < 1.29 is 19.0 Å². The molecule has 1 aromatic heterocycles. The predicted molar refractivity (Wildman–Crippen MR) is 185 cm³/mol. The number of hydrogen-bond donors (Lipinski definition) is 1. The van der Waals surface area contributed by atoms with Gasteiger partial charge in [-0.25, -0.2) is 4.99 Å². The number of anilines is 1. The normalized spacial score (nSPS) is 14.0. The highest BCUT2D eigenvalue weighted by molar-refractivity contribution is 7.07. The number of allylic oxidation sites excluding steroid dienone is 1. The van der Waals surface area contributed by atoms with E-state index < -0.39 is 6.04 Å². The number of rotatable bonds is 10. The van der Waals surface area contributed by atoms with Crippen LogP contribution < -0.4 is 34.4 Å². The van der Waals surface area contributed by atoms with Gasteiger partial charge in [-0.05, 0) is 85.1 Å². The number of ether oxygens (including phenoxy) is 3. The van der Waals surface area contributed by atoms with Crippen molar-refractivity contribution >= 4 is 29.0 Å². The van der Waals surface area contributed by atoms with Gasteiger partial charge in [0.1, 0.15) is 12.4 Å². The van der Waals surface area contributed by atoms with Gasteiger partial charge in [0, 0.05) is 5.69 Å². The molecule has 240 valence electrons. The molecule has 0 radical (unpaired) electrons. The predicted octanol–water partition coefficient (Wildman–Crippen LogP) is 5.73. The summed E-state index contributed by atoms with van der Waals surface area (Å²) in [5.74, 6) is 1.36. The highest BCUT2D eigenvalue weighted by atomic mass is 32.1. The summed E-state index contributed by atoms with van der Waals surface area (Å²) in [5.41, 5.74) is 4.21. The summed E-state index contributed by atoms with van der Waals surface area (Å²) in [5, 5.41) is 12.0. The molecule has 1 aliphatic heterocycles. The van der Waals surface area contributed by atoms with Crippen molar-refractivity contribution in [3.05, 3.63) is 150 Å². The number of fused-ring (bicyclic) bond motifs is 1. The number of benzene rings is 4. The first-order valence-corrected chi connectivity index (χ1v) is 16.1. The van der Waals surface area contributed by atoms with Gasteiger partial charge in [0.05, 0.1) is 47.2 Å². The van der Waals surface area contributed by atoms with Crippen molar-refractivity contribution in [2.24, 2.45) is 4.99 Å². The van der Waals surface area contributed by atoms with Gasteiger partial charge in [-0.2, -0.15) is 5.26 Å². The Bertz CT molecular complexity index is 2230. The molecule has 2 heterocycles. The molecule has 9 nitrogen and oxygen atoms in total. The van der Waals surface area contributed by atoms with E-state index in [9.17, 15) is 9.59 Å². The molecule has 0 saturated heterocycles. The second-order valence-electron chi connectivity index (χ2n) is 10.9. The van der Waals surface area contributed by atoms with Crippen molar-refractivity contribution in [1.29, 1.82) is 5.26 Å². The lowest BCUT2D eigenvalue weighted by Crippen LogP contribution is -2.40. The summed E-state index contributed by atoms with van der Waals surface area (Å²) < 4.78 is 19.5. The van der Waals surface area contributed by atoms with E-state index in [4.69, 9.17) is 24.5 Å². The Morgan fingerprint density at radius 2 is 1.79 bits per heavy atom. The van der Waals surface area contributed by atoms with E-state index in [0.717, 1.165) is 16.7 Å². The summed E-state index contributed by atoms with van der Waals surface area (Å²) >= 11 is 1.26. The van der Waals surface area contributed by atoms with Gasteiger partial charge in [0.2, 0.25) is 0 Å². The maximum atomic E-state index is 14.2. The van der Waals surface area contributed by atoms with Crippen LogP contribution in [0.2, 0.25) is 0 Å². The first-order chi connectivity index (χ1) is 23.4. The van der Waals surface area contributed by atoms with Crippen molar-refractivity contribution in [2.75, 3.05) is 19.0 Å². The van der Waals surface area contributed by atoms with Gasteiger partial charge in [-0.1, -0.05) is 59.9 Å². The number of methoxy groups -OCH3 is 1. The molecule has 0 spiro atoms. The third kappa shape index (κ3) is 6.77. The summed E-state index contributed by atoms with van der Waals surface area (Å²) in [4.78, 5) is 33.2. The Hall–Kier alpha value is -5.92. The number of nitrogens with zero attached hydrogens (tertiary/aromatic N) is 3. The smallest absolute Gasteiger partial charge is 0.271 e. The average Bonchev–Trinajstić information content (AvgIpc) is 3.41. The lowest BCUT2D eigenvalue weighted by atomic mass is 9.95. The molecule has 1 atom stereocenters. The van der Waals surface area contributed by atoms with Gasteiger partial charge in [0.25, 0.3) is 11.5 Å². The zero-order valence-corrected chi connectivity index (χ0v) is 27.4. The molecule has 1 amide bonds. The molecule has 0 saturated carbocycles. The Morgan fingerprint density at radius 3 is 2.52 bits per heavy atom. The molecule has 4 aromatic carbocycles. The van der Waals surface area contributed by atoms with Gasteiger partial charge >= 0.3 is 0 Å². The molecule has 6 rings (SSSR count). The molecule has 0 unspecified atom stereocenters. The zero-order valence-electron chi connectivity index (χ0n) is 26.6. The van der Waals surface area contributed by atoms with Crippen molar-refractivity contribution in [3.8, 4) is 23.3 Å². The SMILES string of the molecule is CCOc1cc(/C=c2\sc3n(c2=O)[C@@H](c2cccc(OC)c2)C(C(=O)Nc2ccccc2)=C(C)N=3)ccc1OCc1ccc(C#N)cc1. The van der Waals surface area contributed by atoms with Gasteiger partial charge in [0.15, 0.2) is 16.3 Å². The second kappa shape index (κ2) is 14.2. The van der Waals surface area contributed by atoms with Crippen LogP contribution in [0.4, 0.5) is 5.69 Å². The number of nitriles is 1. The van der Waals surface area contributed by atoms with E-state index in [1.807, 2.05) is 91.9 Å². The largest absolute Gasteiger partial charge is 0.497 e. The number of para-hydroxylation sites is 1. The topological polar surface area (TPSA) is 115 Å². The van der Waals surface area contributed by atoms with Crippen LogP contribution >= 0.6 is 11.3 Å². The fourth-order valence-corrected chi connectivity index (χ4v) is 6.50. The Kier molecular flexibility index (Phi) is 9.50. The van der Waals surface area contributed by atoms with Crippen LogP contribution in [0.5, 0.6) is 17.2 Å². The molecule has 1 N–H and O–H groups in total. The molecular formula is C38H32N4O5S. The quantitative estimate of drug-likeness (QED) is 0.205. The molecule has 48 heavy (non-hydrogen) atoms. The molecule has 0 aliphatic carbocycles. The van der Waals surface area contributed by atoms with E-state index in [2.05, 4.69) is 11.4 Å². The Morgan fingerprint density at radius 1 is 1.00 bits per heavy atom. The third-order valence-electron chi connectivity index (χ3n) is 7.75. The van der Waals surface area contributed by atoms with E-state index in [1.165, 1.54) is 11.3 Å². The molecule has 0 bridgehead atoms. The maximum Gasteiger partial charge on any atom is 0.271 e. The summed E-state index contributed by atoms with van der Waals surface area (Å²) in [7, 11) is 1.58. The number of amides is 1. The van der Waals surface area contributed by atoms with Crippen LogP contribution in [0.25, 0.3) is 6.08 Å². The van der Waals surface area contributed by atoms with Crippen LogP contribution in [0.15, 0.2) is 118 Å². The standard InChI is InChI=1S/C38H32N4O5S/c1-4-46-32-19-27(17-18-31(32)47-23-26-15-13-25(22-39)14-16-26)20-33-37(44)42-35(28-9-8-12-30(21-28)45-3)34(24(2)40-38(42)48-33)36(43)41-29-10-6-5-7-11-29/h5-21,35H,4,23H2,1-3H3,(H,41,43)/b33-20-/t35-/m0/s1. The van der Waals surface area contributed by atoms with Gasteiger partial charge in [-0.3, -0.25) is 14.2 Å². The number of carbonyl (C=O) groups excluding carboxylic acids is 1. The van der Waals surface area contributed by atoms with E-state index in [-0.39, 0.29) is 11.5 Å². The fourth-order valence-electron chi connectivity index (χ4n) is 5.45. The molecule has 0 fully saturated rings. The maximum absolute atomic E-state index is 14.2. The fraction of sp³-hybridized carbons (Fsp3) is 0.158. The Balaban J connectivity index is 1.38. The van der Waals surface area contributed by atoms with Crippen LogP contribution in [0.1, 0.15) is 42.1 Å². The van der Waals surface area contributed by atoms with Crippen LogP contribution in [0.3, 0.4) is 0 Å². The average molecular weight is 657 g/mol. The first kappa shape index (κ1) is 32.0. The monoisotopic (exact) mass is 656 g/mol. The lowest BCUT2D eigenvalue weighted by Gasteiger charge is -2.25. The van der Waals surface area contributed by atoms with Gasteiger partial charge in [-0.15, -0.1) is 0 Å². The van der Waals surface area contributed by atoms with E-state index in [1.54, 1.807) is 36.8 Å².